The highest BCUT2D eigenvalue weighted by Crippen LogP contribution is 2.26. The molecule has 0 bridgehead atoms. The average Bonchev–Trinajstić information content (AvgIpc) is 3.17. The fraction of sp³-hybridized carbons (Fsp3) is 0.316. The van der Waals surface area contributed by atoms with Gasteiger partial charge in [-0.15, -0.1) is 0 Å². The molecule has 1 heterocycles. The molecule has 1 amide bonds. The van der Waals surface area contributed by atoms with Crippen molar-refractivity contribution < 1.29 is 21.6 Å². The van der Waals surface area contributed by atoms with Crippen LogP contribution >= 0.6 is 0 Å². The summed E-state index contributed by atoms with van der Waals surface area (Å²) in [6.45, 7) is 2.21. The van der Waals surface area contributed by atoms with Gasteiger partial charge in [-0.1, -0.05) is 29.8 Å². The summed E-state index contributed by atoms with van der Waals surface area (Å²) in [5.74, 6) is -0.417. The standard InChI is InChI=1S/C19H23N3O5S2/c1-14-7-9-16(10-8-14)29(26,27)22-11-3-6-18(22)19(23)21-13-15-4-2-5-17(12-15)28(20,24)25/h2,4-5,7-10,12,18H,3,6,11,13H2,1H3,(H,21,23)(H2,20,24,25)/t18-/m0/s1. The number of carbonyl (C=O) groups is 1. The van der Waals surface area contributed by atoms with Crippen LogP contribution in [0.1, 0.15) is 24.0 Å². The molecule has 3 N–H and O–H groups in total. The lowest BCUT2D eigenvalue weighted by atomic mass is 10.2. The van der Waals surface area contributed by atoms with Gasteiger partial charge in [0.15, 0.2) is 0 Å². The zero-order valence-electron chi connectivity index (χ0n) is 15.9. The average molecular weight is 438 g/mol. The zero-order chi connectivity index (χ0) is 21.2. The van der Waals surface area contributed by atoms with Crippen LogP contribution in [0.25, 0.3) is 0 Å². The predicted molar refractivity (Wildman–Crippen MR) is 108 cm³/mol. The normalized spacial score (nSPS) is 17.9. The molecule has 1 atom stereocenters. The summed E-state index contributed by atoms with van der Waals surface area (Å²) < 4.78 is 50.1. The van der Waals surface area contributed by atoms with Crippen LogP contribution in [0.15, 0.2) is 58.3 Å². The van der Waals surface area contributed by atoms with E-state index in [1.54, 1.807) is 18.2 Å². The molecule has 1 saturated heterocycles. The monoisotopic (exact) mass is 437 g/mol. The summed E-state index contributed by atoms with van der Waals surface area (Å²) in [5.41, 5.74) is 1.50. The Hall–Kier alpha value is -2.27. The Balaban J connectivity index is 1.73. The number of nitrogens with two attached hydrogens (primary N) is 1. The first-order chi connectivity index (χ1) is 13.6. The summed E-state index contributed by atoms with van der Waals surface area (Å²) in [6.07, 6.45) is 1.01. The number of carbonyl (C=O) groups excluding carboxylic acids is 1. The molecule has 0 spiro atoms. The van der Waals surface area contributed by atoms with E-state index in [9.17, 15) is 21.6 Å². The maximum atomic E-state index is 13.0. The molecule has 10 heteroatoms. The number of benzene rings is 2. The van der Waals surface area contributed by atoms with Crippen LogP contribution in [0.2, 0.25) is 0 Å². The zero-order valence-corrected chi connectivity index (χ0v) is 17.5. The van der Waals surface area contributed by atoms with Gasteiger partial charge in [0.2, 0.25) is 26.0 Å². The molecule has 8 nitrogen and oxygen atoms in total. The SMILES string of the molecule is Cc1ccc(S(=O)(=O)N2CCC[C@H]2C(=O)NCc2cccc(S(N)(=O)=O)c2)cc1. The molecule has 1 fully saturated rings. The first-order valence-corrected chi connectivity index (χ1v) is 12.1. The van der Waals surface area contributed by atoms with E-state index in [2.05, 4.69) is 5.32 Å². The van der Waals surface area contributed by atoms with E-state index in [0.29, 0.717) is 18.4 Å². The van der Waals surface area contributed by atoms with E-state index in [-0.39, 0.29) is 22.9 Å². The van der Waals surface area contributed by atoms with Crippen molar-refractivity contribution in [3.63, 3.8) is 0 Å². The van der Waals surface area contributed by atoms with Crippen LogP contribution in [0.3, 0.4) is 0 Å². The van der Waals surface area contributed by atoms with Crippen LogP contribution in [0.4, 0.5) is 0 Å². The van der Waals surface area contributed by atoms with Gasteiger partial charge < -0.3 is 5.32 Å². The number of rotatable bonds is 6. The number of amides is 1. The molecule has 0 aromatic heterocycles. The molecule has 156 valence electrons. The predicted octanol–water partition coefficient (Wildman–Crippen LogP) is 1.11. The number of nitrogens with one attached hydrogen (secondary N) is 1. The summed E-state index contributed by atoms with van der Waals surface area (Å²) in [6, 6.07) is 11.6. The minimum absolute atomic E-state index is 0.0475. The highest BCUT2D eigenvalue weighted by Gasteiger charge is 2.39. The summed E-state index contributed by atoms with van der Waals surface area (Å²) in [4.78, 5) is 12.8. The molecule has 0 radical (unpaired) electrons. The number of hydrogen-bond acceptors (Lipinski definition) is 5. The van der Waals surface area contributed by atoms with Crippen LogP contribution < -0.4 is 10.5 Å². The van der Waals surface area contributed by atoms with Crippen LogP contribution in [-0.4, -0.2) is 39.6 Å². The van der Waals surface area contributed by atoms with E-state index in [1.165, 1.54) is 34.6 Å². The van der Waals surface area contributed by atoms with E-state index in [4.69, 9.17) is 5.14 Å². The first kappa shape index (κ1) is 21.4. The van der Waals surface area contributed by atoms with E-state index >= 15 is 0 Å². The van der Waals surface area contributed by atoms with Gasteiger partial charge in [-0.05, 0) is 49.6 Å². The minimum atomic E-state index is -3.84. The molecular weight excluding hydrogens is 414 g/mol. The molecule has 29 heavy (non-hydrogen) atoms. The Bertz CT molecular complexity index is 1110. The molecule has 0 unspecified atom stereocenters. The van der Waals surface area contributed by atoms with Crippen molar-refractivity contribution in [2.24, 2.45) is 5.14 Å². The second-order valence-corrected chi connectivity index (χ2v) is 10.4. The highest BCUT2D eigenvalue weighted by molar-refractivity contribution is 7.89. The molecule has 2 aromatic carbocycles. The van der Waals surface area contributed by atoms with E-state index in [1.807, 2.05) is 6.92 Å². The van der Waals surface area contributed by atoms with Crippen molar-refractivity contribution in [2.45, 2.75) is 42.1 Å². The van der Waals surface area contributed by atoms with Crippen molar-refractivity contribution in [2.75, 3.05) is 6.54 Å². The third-order valence-corrected chi connectivity index (χ3v) is 7.66. The maximum Gasteiger partial charge on any atom is 0.243 e. The Morgan fingerprint density at radius 3 is 2.45 bits per heavy atom. The number of sulfonamides is 2. The summed E-state index contributed by atoms with van der Waals surface area (Å²) in [7, 11) is -7.62. The first-order valence-electron chi connectivity index (χ1n) is 9.07. The number of primary sulfonamides is 1. The highest BCUT2D eigenvalue weighted by atomic mass is 32.2. The Kier molecular flexibility index (Phi) is 6.08. The third kappa shape index (κ3) is 4.84. The lowest BCUT2D eigenvalue weighted by Crippen LogP contribution is -2.45. The lowest BCUT2D eigenvalue weighted by Gasteiger charge is -2.23. The topological polar surface area (TPSA) is 127 Å². The number of nitrogens with zero attached hydrogens (tertiary/aromatic N) is 1. The Labute approximate surface area is 170 Å². The molecule has 3 rings (SSSR count). The second-order valence-electron chi connectivity index (χ2n) is 7.00. The van der Waals surface area contributed by atoms with Gasteiger partial charge >= 0.3 is 0 Å². The quantitative estimate of drug-likeness (QED) is 0.700. The smallest absolute Gasteiger partial charge is 0.243 e. The second kappa shape index (κ2) is 8.23. The van der Waals surface area contributed by atoms with Gasteiger partial charge in [0, 0.05) is 13.1 Å². The molecule has 1 aliphatic rings. The Morgan fingerprint density at radius 1 is 1.10 bits per heavy atom. The van der Waals surface area contributed by atoms with Gasteiger partial charge in [-0.3, -0.25) is 4.79 Å². The van der Waals surface area contributed by atoms with Crippen LogP contribution in [0, 0.1) is 6.92 Å². The van der Waals surface area contributed by atoms with Crippen molar-refractivity contribution >= 4 is 26.0 Å². The molecular formula is C19H23N3O5S2. The van der Waals surface area contributed by atoms with Crippen molar-refractivity contribution in [3.05, 3.63) is 59.7 Å². The van der Waals surface area contributed by atoms with E-state index < -0.39 is 32.0 Å². The van der Waals surface area contributed by atoms with E-state index in [0.717, 1.165) is 5.56 Å². The van der Waals surface area contributed by atoms with Crippen LogP contribution in [0.5, 0.6) is 0 Å². The maximum absolute atomic E-state index is 13.0. The number of aryl methyl sites for hydroxylation is 1. The van der Waals surface area contributed by atoms with Gasteiger partial charge in [0.05, 0.1) is 9.79 Å². The fourth-order valence-electron chi connectivity index (χ4n) is 3.27. The van der Waals surface area contributed by atoms with Gasteiger partial charge in [0.1, 0.15) is 6.04 Å². The van der Waals surface area contributed by atoms with Crippen molar-refractivity contribution in [3.8, 4) is 0 Å². The van der Waals surface area contributed by atoms with Gasteiger partial charge in [-0.25, -0.2) is 22.0 Å². The molecule has 0 aliphatic carbocycles. The molecule has 1 aliphatic heterocycles. The third-order valence-electron chi connectivity index (χ3n) is 4.83. The van der Waals surface area contributed by atoms with Crippen LogP contribution in [-0.2, 0) is 31.4 Å². The van der Waals surface area contributed by atoms with Crippen molar-refractivity contribution in [1.82, 2.24) is 9.62 Å². The van der Waals surface area contributed by atoms with Crippen molar-refractivity contribution in [1.29, 1.82) is 0 Å². The largest absolute Gasteiger partial charge is 0.351 e. The van der Waals surface area contributed by atoms with Gasteiger partial charge in [0.25, 0.3) is 0 Å². The minimum Gasteiger partial charge on any atom is -0.351 e. The molecule has 2 aromatic rings. The summed E-state index contributed by atoms with van der Waals surface area (Å²) in [5, 5.41) is 7.82. The lowest BCUT2D eigenvalue weighted by molar-refractivity contribution is -0.124. The molecule has 0 saturated carbocycles. The fourth-order valence-corrected chi connectivity index (χ4v) is 5.52. The Morgan fingerprint density at radius 2 is 1.79 bits per heavy atom. The van der Waals surface area contributed by atoms with Gasteiger partial charge in [-0.2, -0.15) is 4.31 Å². The summed E-state index contributed by atoms with van der Waals surface area (Å²) >= 11 is 0. The number of hydrogen-bond donors (Lipinski definition) is 2.